The van der Waals surface area contributed by atoms with Crippen LogP contribution in [0.25, 0.3) is 0 Å². The van der Waals surface area contributed by atoms with Gasteiger partial charge in [-0.25, -0.2) is 12.7 Å². The third-order valence-electron chi connectivity index (χ3n) is 3.71. The fourth-order valence-electron chi connectivity index (χ4n) is 2.36. The molecule has 138 valence electrons. The molecule has 0 radical (unpaired) electrons. The smallest absolute Gasteiger partial charge is 0.270 e. The number of sulfonamides is 1. The average molecular weight is 412 g/mol. The van der Waals surface area contributed by atoms with E-state index in [-0.39, 0.29) is 17.9 Å². The first-order valence-electron chi connectivity index (χ1n) is 7.85. The molecule has 0 aliphatic carbocycles. The molecule has 0 saturated carbocycles. The van der Waals surface area contributed by atoms with Crippen molar-refractivity contribution in [2.75, 3.05) is 6.54 Å². The summed E-state index contributed by atoms with van der Waals surface area (Å²) in [6, 6.07) is 15.1. The van der Waals surface area contributed by atoms with E-state index in [0.717, 1.165) is 11.1 Å². The van der Waals surface area contributed by atoms with Crippen LogP contribution in [0.4, 0.5) is 0 Å². The molecule has 0 fully saturated rings. The second kappa shape index (κ2) is 8.25. The van der Waals surface area contributed by atoms with Gasteiger partial charge in [-0.2, -0.15) is 0 Å². The van der Waals surface area contributed by atoms with Crippen LogP contribution in [0.2, 0.25) is 0 Å². The van der Waals surface area contributed by atoms with E-state index in [9.17, 15) is 13.2 Å². The number of nitrogens with zero attached hydrogens (tertiary/aromatic N) is 1. The van der Waals surface area contributed by atoms with Crippen molar-refractivity contribution in [2.24, 2.45) is 0 Å². The van der Waals surface area contributed by atoms with Gasteiger partial charge >= 0.3 is 0 Å². The van der Waals surface area contributed by atoms with Gasteiger partial charge in [0.15, 0.2) is 0 Å². The molecule has 26 heavy (non-hydrogen) atoms. The molecule has 2 aromatic rings. The lowest BCUT2D eigenvalue weighted by Crippen LogP contribution is -2.46. The molecular formula is C19H19Cl2NO3S. The van der Waals surface area contributed by atoms with Crippen LogP contribution >= 0.6 is 23.2 Å². The van der Waals surface area contributed by atoms with Gasteiger partial charge in [-0.1, -0.05) is 77.3 Å². The normalized spacial score (nSPS) is 11.8. The summed E-state index contributed by atoms with van der Waals surface area (Å²) in [6.45, 7) is 5.13. The Morgan fingerprint density at radius 2 is 1.69 bits per heavy atom. The van der Waals surface area contributed by atoms with Crippen LogP contribution in [0.5, 0.6) is 0 Å². The monoisotopic (exact) mass is 411 g/mol. The quantitative estimate of drug-likeness (QED) is 0.508. The zero-order valence-corrected chi connectivity index (χ0v) is 16.6. The lowest BCUT2D eigenvalue weighted by Gasteiger charge is -2.27. The Balaban J connectivity index is 2.37. The molecule has 2 aromatic carbocycles. The van der Waals surface area contributed by atoms with Gasteiger partial charge in [0.2, 0.25) is 4.33 Å². The van der Waals surface area contributed by atoms with Crippen molar-refractivity contribution < 1.29 is 13.2 Å². The number of rotatable bonds is 7. The highest BCUT2D eigenvalue weighted by Crippen LogP contribution is 2.31. The summed E-state index contributed by atoms with van der Waals surface area (Å²) in [6.07, 6.45) is 1.29. The molecule has 0 atom stereocenters. The number of hydrogen-bond donors (Lipinski definition) is 0. The molecule has 0 aliphatic rings. The Bertz CT molecular complexity index is 879. The van der Waals surface area contributed by atoms with E-state index in [1.807, 2.05) is 13.0 Å². The number of hydrogen-bond acceptors (Lipinski definition) is 3. The van der Waals surface area contributed by atoms with E-state index in [1.165, 1.54) is 18.2 Å². The average Bonchev–Trinajstić information content (AvgIpc) is 2.60. The van der Waals surface area contributed by atoms with Gasteiger partial charge in [0.1, 0.15) is 0 Å². The first kappa shape index (κ1) is 20.5. The minimum atomic E-state index is -4.11. The second-order valence-electron chi connectivity index (χ2n) is 5.81. The molecular weight excluding hydrogens is 393 g/mol. The van der Waals surface area contributed by atoms with Gasteiger partial charge in [-0.05, 0) is 24.6 Å². The summed E-state index contributed by atoms with van der Waals surface area (Å²) in [5, 5.41) is 0. The molecule has 1 amide bonds. The second-order valence-corrected chi connectivity index (χ2v) is 9.16. The van der Waals surface area contributed by atoms with E-state index < -0.39 is 20.3 Å². The van der Waals surface area contributed by atoms with Gasteiger partial charge in [-0.15, -0.1) is 6.58 Å². The van der Waals surface area contributed by atoms with Crippen molar-refractivity contribution in [2.45, 2.75) is 22.6 Å². The van der Waals surface area contributed by atoms with Crippen molar-refractivity contribution in [1.82, 2.24) is 4.31 Å². The Kier molecular flexibility index (Phi) is 6.50. The standard InChI is InChI=1S/C19H19Cl2NO3S/c1-3-13-22(26(24,25)17-11-9-15(2)10-12-17)18(23)19(20,21)14-16-7-5-4-6-8-16/h3-12H,1,13-14H2,2H3. The van der Waals surface area contributed by atoms with E-state index >= 15 is 0 Å². The van der Waals surface area contributed by atoms with Crippen molar-refractivity contribution in [3.05, 3.63) is 78.4 Å². The third-order valence-corrected chi connectivity index (χ3v) is 6.07. The van der Waals surface area contributed by atoms with Crippen LogP contribution in [0.15, 0.2) is 72.1 Å². The predicted octanol–water partition coefficient (Wildman–Crippen LogP) is 4.11. The SMILES string of the molecule is C=CCN(C(=O)C(Cl)(Cl)Cc1ccccc1)S(=O)(=O)c1ccc(C)cc1. The minimum absolute atomic E-state index is 0.0119. The molecule has 0 saturated heterocycles. The van der Waals surface area contributed by atoms with E-state index in [0.29, 0.717) is 4.31 Å². The Morgan fingerprint density at radius 3 is 2.23 bits per heavy atom. The van der Waals surface area contributed by atoms with Crippen LogP contribution in [0, 0.1) is 6.92 Å². The van der Waals surface area contributed by atoms with E-state index in [4.69, 9.17) is 23.2 Å². The molecule has 0 spiro atoms. The van der Waals surface area contributed by atoms with Crippen molar-refractivity contribution in [3.63, 3.8) is 0 Å². The van der Waals surface area contributed by atoms with Crippen LogP contribution in [0.1, 0.15) is 11.1 Å². The van der Waals surface area contributed by atoms with Crippen LogP contribution in [-0.4, -0.2) is 29.5 Å². The van der Waals surface area contributed by atoms with Gasteiger partial charge in [0, 0.05) is 6.42 Å². The summed E-state index contributed by atoms with van der Waals surface area (Å²) in [5.41, 5.74) is 1.62. The summed E-state index contributed by atoms with van der Waals surface area (Å²) in [7, 11) is -4.11. The highest BCUT2D eigenvalue weighted by atomic mass is 35.5. The maximum absolute atomic E-state index is 12.9. The number of carbonyl (C=O) groups is 1. The molecule has 0 bridgehead atoms. The summed E-state index contributed by atoms with van der Waals surface area (Å²) in [4.78, 5) is 12.9. The third kappa shape index (κ3) is 4.67. The van der Waals surface area contributed by atoms with Crippen molar-refractivity contribution in [1.29, 1.82) is 0 Å². The zero-order valence-electron chi connectivity index (χ0n) is 14.2. The number of benzene rings is 2. The number of alkyl halides is 2. The molecule has 0 aromatic heterocycles. The van der Waals surface area contributed by atoms with Gasteiger partial charge in [-0.3, -0.25) is 4.79 Å². The summed E-state index contributed by atoms with van der Waals surface area (Å²) in [5.74, 6) is -0.912. The maximum atomic E-state index is 12.9. The number of amides is 1. The Hall–Kier alpha value is -1.82. The van der Waals surface area contributed by atoms with E-state index in [2.05, 4.69) is 6.58 Å². The minimum Gasteiger partial charge on any atom is -0.270 e. The Morgan fingerprint density at radius 1 is 1.12 bits per heavy atom. The van der Waals surface area contributed by atoms with Crippen molar-refractivity contribution in [3.8, 4) is 0 Å². The number of halogens is 2. The molecule has 7 heteroatoms. The van der Waals surface area contributed by atoms with Gasteiger partial charge in [0.25, 0.3) is 15.9 Å². The molecule has 0 unspecified atom stereocenters. The lowest BCUT2D eigenvalue weighted by atomic mass is 10.1. The number of carbonyl (C=O) groups excluding carboxylic acids is 1. The highest BCUT2D eigenvalue weighted by Gasteiger charge is 2.42. The highest BCUT2D eigenvalue weighted by molar-refractivity contribution is 7.89. The van der Waals surface area contributed by atoms with E-state index in [1.54, 1.807) is 36.4 Å². The predicted molar refractivity (Wildman–Crippen MR) is 105 cm³/mol. The lowest BCUT2D eigenvalue weighted by molar-refractivity contribution is -0.126. The summed E-state index contributed by atoms with van der Waals surface area (Å²) >= 11 is 12.5. The van der Waals surface area contributed by atoms with Crippen LogP contribution < -0.4 is 0 Å². The Labute approximate surface area is 164 Å². The topological polar surface area (TPSA) is 54.5 Å². The summed E-state index contributed by atoms with van der Waals surface area (Å²) < 4.78 is 24.6. The fraction of sp³-hybridized carbons (Fsp3) is 0.211. The van der Waals surface area contributed by atoms with Crippen molar-refractivity contribution >= 4 is 39.1 Å². The van der Waals surface area contributed by atoms with Crippen LogP contribution in [0.3, 0.4) is 0 Å². The molecule has 4 nitrogen and oxygen atoms in total. The molecule has 0 aliphatic heterocycles. The first-order chi connectivity index (χ1) is 12.2. The molecule has 2 rings (SSSR count). The largest absolute Gasteiger partial charge is 0.273 e. The molecule has 0 heterocycles. The van der Waals surface area contributed by atoms with Gasteiger partial charge < -0.3 is 0 Å². The van der Waals surface area contributed by atoms with Gasteiger partial charge in [0.05, 0.1) is 11.4 Å². The fourth-order valence-corrected chi connectivity index (χ4v) is 4.38. The first-order valence-corrected chi connectivity index (χ1v) is 10.0. The number of aryl methyl sites for hydroxylation is 1. The van der Waals surface area contributed by atoms with Crippen LogP contribution in [-0.2, 0) is 21.2 Å². The molecule has 0 N–H and O–H groups in total. The maximum Gasteiger partial charge on any atom is 0.273 e. The zero-order chi connectivity index (χ0) is 19.4.